The van der Waals surface area contributed by atoms with Gasteiger partial charge in [0.05, 0.1) is 5.75 Å². The Morgan fingerprint density at radius 2 is 1.80 bits per heavy atom. The third kappa shape index (κ3) is 5.44. The van der Waals surface area contributed by atoms with Gasteiger partial charge < -0.3 is 5.32 Å². The number of carbonyl (C=O) groups excluding carboxylic acids is 1. The molecule has 1 N–H and O–H groups in total. The summed E-state index contributed by atoms with van der Waals surface area (Å²) in [5.74, 6) is -0.137. The first kappa shape index (κ1) is 22.9. The van der Waals surface area contributed by atoms with E-state index in [1.54, 1.807) is 16.1 Å². The normalized spacial score (nSPS) is 11.0. The van der Waals surface area contributed by atoms with E-state index in [9.17, 15) is 9.59 Å². The lowest BCUT2D eigenvalue weighted by Gasteiger charge is -2.13. The van der Waals surface area contributed by atoms with E-state index < -0.39 is 0 Å². The van der Waals surface area contributed by atoms with Crippen molar-refractivity contribution in [3.05, 3.63) is 94.5 Å². The Hall–Kier alpha value is -3.89. The molecule has 5 aromatic rings. The minimum absolute atomic E-state index is 0.0846. The fourth-order valence-corrected chi connectivity index (χ4v) is 4.94. The number of nitrogens with one attached hydrogen (secondary N) is 1. The van der Waals surface area contributed by atoms with Crippen LogP contribution in [0.15, 0.2) is 88.5 Å². The van der Waals surface area contributed by atoms with E-state index in [1.165, 1.54) is 35.5 Å². The number of aryl methyl sites for hydroxylation is 1. The Bertz CT molecular complexity index is 1520. The van der Waals surface area contributed by atoms with Gasteiger partial charge in [0.2, 0.25) is 5.91 Å². The SMILES string of the molecule is O=C(CSc1nc2nccnc2c(=O)n1CCc1cccc(-c2ccccc2)c1)Nc1nccs1. The second kappa shape index (κ2) is 10.6. The molecule has 0 saturated carbocycles. The molecule has 0 fully saturated rings. The number of hydrogen-bond acceptors (Lipinski definition) is 8. The van der Waals surface area contributed by atoms with Gasteiger partial charge in [-0.1, -0.05) is 66.4 Å². The first-order valence-corrected chi connectivity index (χ1v) is 12.7. The zero-order chi connectivity index (χ0) is 24.0. The lowest BCUT2D eigenvalue weighted by molar-refractivity contribution is -0.113. The molecule has 0 aliphatic rings. The van der Waals surface area contributed by atoms with E-state index in [1.807, 2.05) is 30.3 Å². The third-order valence-corrected chi connectivity index (χ3v) is 6.89. The van der Waals surface area contributed by atoms with Crippen molar-refractivity contribution in [1.29, 1.82) is 0 Å². The van der Waals surface area contributed by atoms with Gasteiger partial charge >= 0.3 is 0 Å². The predicted octanol–water partition coefficient (Wildman–Crippen LogP) is 4.28. The molecule has 0 radical (unpaired) electrons. The van der Waals surface area contributed by atoms with Crippen molar-refractivity contribution in [2.75, 3.05) is 11.1 Å². The van der Waals surface area contributed by atoms with Crippen LogP contribution in [0.25, 0.3) is 22.3 Å². The number of thioether (sulfide) groups is 1. The van der Waals surface area contributed by atoms with Gasteiger partial charge in [0.25, 0.3) is 5.56 Å². The molecule has 2 aromatic carbocycles. The molecule has 0 bridgehead atoms. The summed E-state index contributed by atoms with van der Waals surface area (Å²) < 4.78 is 1.58. The van der Waals surface area contributed by atoms with Crippen LogP contribution in [0, 0.1) is 0 Å². The highest BCUT2D eigenvalue weighted by Gasteiger charge is 2.15. The van der Waals surface area contributed by atoms with Crippen LogP contribution in [0.4, 0.5) is 5.13 Å². The fourth-order valence-electron chi connectivity index (χ4n) is 3.58. The van der Waals surface area contributed by atoms with Crippen LogP contribution < -0.4 is 10.9 Å². The van der Waals surface area contributed by atoms with Gasteiger partial charge in [-0.05, 0) is 23.1 Å². The predicted molar refractivity (Wildman–Crippen MR) is 139 cm³/mol. The fraction of sp³-hybridized carbons (Fsp3) is 0.120. The number of anilines is 1. The highest BCUT2D eigenvalue weighted by Crippen LogP contribution is 2.22. The molecule has 0 atom stereocenters. The molecule has 0 aliphatic heterocycles. The first-order valence-electron chi connectivity index (χ1n) is 10.9. The Kier molecular flexibility index (Phi) is 6.92. The molecule has 10 heteroatoms. The van der Waals surface area contributed by atoms with E-state index in [0.29, 0.717) is 23.3 Å². The van der Waals surface area contributed by atoms with Crippen molar-refractivity contribution >= 4 is 45.3 Å². The second-order valence-corrected chi connectivity index (χ2v) is 9.41. The molecule has 0 spiro atoms. The number of fused-ring (bicyclic) bond motifs is 1. The first-order chi connectivity index (χ1) is 17.2. The Balaban J connectivity index is 1.39. The zero-order valence-corrected chi connectivity index (χ0v) is 20.1. The van der Waals surface area contributed by atoms with Gasteiger partial charge in [-0.3, -0.25) is 14.2 Å². The van der Waals surface area contributed by atoms with Gasteiger partial charge in [0.15, 0.2) is 21.5 Å². The van der Waals surface area contributed by atoms with Crippen molar-refractivity contribution in [3.63, 3.8) is 0 Å². The quantitative estimate of drug-likeness (QED) is 0.251. The maximum atomic E-state index is 13.3. The van der Waals surface area contributed by atoms with Crippen LogP contribution in [0.3, 0.4) is 0 Å². The molecule has 1 amide bonds. The Labute approximate surface area is 209 Å². The molecule has 0 unspecified atom stereocenters. The highest BCUT2D eigenvalue weighted by atomic mass is 32.2. The molecule has 174 valence electrons. The number of nitrogens with zero attached hydrogens (tertiary/aromatic N) is 5. The minimum Gasteiger partial charge on any atom is -0.301 e. The second-order valence-electron chi connectivity index (χ2n) is 7.57. The molecule has 8 nitrogen and oxygen atoms in total. The third-order valence-electron chi connectivity index (χ3n) is 5.23. The van der Waals surface area contributed by atoms with E-state index in [4.69, 9.17) is 0 Å². The van der Waals surface area contributed by atoms with Crippen molar-refractivity contribution in [3.8, 4) is 11.1 Å². The summed E-state index contributed by atoms with van der Waals surface area (Å²) in [4.78, 5) is 42.6. The van der Waals surface area contributed by atoms with Gasteiger partial charge in [-0.2, -0.15) is 0 Å². The highest BCUT2D eigenvalue weighted by molar-refractivity contribution is 7.99. The smallest absolute Gasteiger partial charge is 0.282 e. The topological polar surface area (TPSA) is 103 Å². The van der Waals surface area contributed by atoms with Gasteiger partial charge in [-0.15, -0.1) is 11.3 Å². The summed E-state index contributed by atoms with van der Waals surface area (Å²) in [6.07, 6.45) is 5.22. The molecule has 0 aliphatic carbocycles. The summed E-state index contributed by atoms with van der Waals surface area (Å²) in [6, 6.07) is 18.4. The number of carbonyl (C=O) groups is 1. The summed E-state index contributed by atoms with van der Waals surface area (Å²) >= 11 is 2.53. The summed E-state index contributed by atoms with van der Waals surface area (Å²) in [6.45, 7) is 0.396. The maximum absolute atomic E-state index is 13.3. The lowest BCUT2D eigenvalue weighted by atomic mass is 10.0. The van der Waals surface area contributed by atoms with E-state index in [0.717, 1.165) is 16.7 Å². The Morgan fingerprint density at radius 3 is 2.63 bits per heavy atom. The molecule has 3 heterocycles. The lowest BCUT2D eigenvalue weighted by Crippen LogP contribution is -2.26. The number of hydrogen-bond donors (Lipinski definition) is 1. The number of rotatable bonds is 8. The van der Waals surface area contributed by atoms with E-state index >= 15 is 0 Å². The number of thiazole rings is 1. The van der Waals surface area contributed by atoms with Crippen LogP contribution in [-0.4, -0.2) is 36.2 Å². The van der Waals surface area contributed by atoms with Crippen LogP contribution >= 0.6 is 23.1 Å². The summed E-state index contributed by atoms with van der Waals surface area (Å²) in [7, 11) is 0. The largest absolute Gasteiger partial charge is 0.301 e. The maximum Gasteiger partial charge on any atom is 0.282 e. The summed E-state index contributed by atoms with van der Waals surface area (Å²) in [5, 5.41) is 5.49. The molecule has 0 saturated heterocycles. The van der Waals surface area contributed by atoms with Crippen LogP contribution in [-0.2, 0) is 17.8 Å². The number of amides is 1. The van der Waals surface area contributed by atoms with E-state index in [-0.39, 0.29) is 28.4 Å². The molecule has 5 rings (SSSR count). The molecular weight excluding hydrogens is 480 g/mol. The molecule has 35 heavy (non-hydrogen) atoms. The van der Waals surface area contributed by atoms with Crippen molar-refractivity contribution < 1.29 is 4.79 Å². The van der Waals surface area contributed by atoms with E-state index in [2.05, 4.69) is 49.5 Å². The zero-order valence-electron chi connectivity index (χ0n) is 18.5. The van der Waals surface area contributed by atoms with Crippen molar-refractivity contribution in [2.45, 2.75) is 18.1 Å². The monoisotopic (exact) mass is 500 g/mol. The summed E-state index contributed by atoms with van der Waals surface area (Å²) in [5.41, 5.74) is 3.55. The minimum atomic E-state index is -0.273. The number of aromatic nitrogens is 5. The van der Waals surface area contributed by atoms with Crippen LogP contribution in [0.5, 0.6) is 0 Å². The van der Waals surface area contributed by atoms with Crippen molar-refractivity contribution in [2.24, 2.45) is 0 Å². The van der Waals surface area contributed by atoms with Gasteiger partial charge in [0.1, 0.15) is 0 Å². The van der Waals surface area contributed by atoms with Crippen LogP contribution in [0.1, 0.15) is 5.56 Å². The average molecular weight is 501 g/mol. The number of benzene rings is 2. The van der Waals surface area contributed by atoms with Crippen LogP contribution in [0.2, 0.25) is 0 Å². The Morgan fingerprint density at radius 1 is 0.971 bits per heavy atom. The average Bonchev–Trinajstić information content (AvgIpc) is 3.41. The molecular formula is C25H20N6O2S2. The van der Waals surface area contributed by atoms with Gasteiger partial charge in [0, 0.05) is 30.5 Å². The molecule has 3 aromatic heterocycles. The van der Waals surface area contributed by atoms with Crippen molar-refractivity contribution in [1.82, 2.24) is 24.5 Å². The van der Waals surface area contributed by atoms with Gasteiger partial charge in [-0.25, -0.2) is 19.9 Å². The standard InChI is InChI=1S/C25H20N6O2S2/c32-20(29-24-28-12-14-34-24)16-35-25-30-22-21(26-10-11-27-22)23(33)31(25)13-9-17-5-4-8-19(15-17)18-6-2-1-3-7-18/h1-8,10-12,14-15H,9,13,16H2,(H,28,29,32).